The van der Waals surface area contributed by atoms with Crippen LogP contribution < -0.4 is 15.8 Å². The van der Waals surface area contributed by atoms with Crippen LogP contribution in [0.2, 0.25) is 0 Å². The van der Waals surface area contributed by atoms with Gasteiger partial charge in [0, 0.05) is 75.3 Å². The molecule has 129 heavy (non-hydrogen) atoms. The van der Waals surface area contributed by atoms with Crippen LogP contribution in [-0.4, -0.2) is 416 Å². The summed E-state index contributed by atoms with van der Waals surface area (Å²) < 4.78 is 224. The summed E-state index contributed by atoms with van der Waals surface area (Å²) in [6, 6.07) is 12.3. The molecule has 2 aliphatic rings. The molecule has 5 rings (SSSR count). The lowest BCUT2D eigenvalue weighted by molar-refractivity contribution is -0.136. The van der Waals surface area contributed by atoms with Gasteiger partial charge in [-0.3, -0.25) is 14.4 Å². The number of carbonyl (C=O) groups is 3. The quantitative estimate of drug-likeness (QED) is 0.0224. The number of amides is 2. The lowest BCUT2D eigenvalue weighted by Crippen LogP contribution is -2.51. The maximum absolute atomic E-state index is 13.9. The van der Waals surface area contributed by atoms with Crippen LogP contribution in [-0.2, 0) is 143 Å². The van der Waals surface area contributed by atoms with Crippen LogP contribution in [0.4, 0.5) is 23.2 Å². The van der Waals surface area contributed by atoms with E-state index >= 15 is 0 Å². The molecule has 2 amide bonds. The van der Waals surface area contributed by atoms with Gasteiger partial charge in [-0.1, -0.05) is 31.2 Å². The molecule has 1 fully saturated rings. The fraction of sp³-hybridized carbons (Fsp3) is 0.724. The van der Waals surface area contributed by atoms with E-state index in [0.29, 0.717) is 346 Å². The number of fused-ring (bicyclic) bond motifs is 1. The van der Waals surface area contributed by atoms with Crippen molar-refractivity contribution in [1.82, 2.24) is 14.5 Å². The molecule has 0 unspecified atom stereocenters. The lowest BCUT2D eigenvalue weighted by atomic mass is 10.0. The molecule has 0 spiro atoms. The molecule has 1 saturated heterocycles. The summed E-state index contributed by atoms with van der Waals surface area (Å²) in [4.78, 5) is 44.8. The molecule has 0 bridgehead atoms. The predicted octanol–water partition coefficient (Wildman–Crippen LogP) is 4.84. The molecule has 0 saturated carbocycles. The Morgan fingerprint density at radius 1 is 0.434 bits per heavy atom. The van der Waals surface area contributed by atoms with E-state index < -0.39 is 51.4 Å². The number of nitrogens with zero attached hydrogens (tertiary/aromatic N) is 3. The normalized spacial score (nSPS) is 13.1. The fourth-order valence-electron chi connectivity index (χ4n) is 11.4. The van der Waals surface area contributed by atoms with Gasteiger partial charge >= 0.3 is 5.97 Å². The molecule has 37 nitrogen and oxygen atoms in total. The molecule has 738 valence electrons. The Hall–Kier alpha value is -6.13. The van der Waals surface area contributed by atoms with E-state index in [1.54, 1.807) is 23.1 Å². The summed E-state index contributed by atoms with van der Waals surface area (Å²) in [5.74, 6) is -9.61. The third-order valence-electron chi connectivity index (χ3n) is 18.1. The molecule has 0 aromatic heterocycles. The summed E-state index contributed by atoms with van der Waals surface area (Å²) in [6.45, 7) is 23.9. The Balaban J connectivity index is 0.624. The van der Waals surface area contributed by atoms with E-state index in [2.05, 4.69) is 15.0 Å². The second kappa shape index (κ2) is 77.2. The Labute approximate surface area is 755 Å². The number of esters is 1. The maximum Gasteiger partial charge on any atom is 0.313 e. The third-order valence-corrected chi connectivity index (χ3v) is 19.9. The number of aliphatic hydroxyl groups excluding tert-OH is 1. The number of halogens is 4. The highest BCUT2D eigenvalue weighted by atomic mass is 32.2. The number of aliphatic hydroxyl groups is 1. The fourth-order valence-corrected chi connectivity index (χ4v) is 13.0. The number of sulfonamides is 1. The summed E-state index contributed by atoms with van der Waals surface area (Å²) in [5, 5.41) is 12.3. The molecule has 0 radical (unpaired) electrons. The van der Waals surface area contributed by atoms with Crippen LogP contribution in [0.15, 0.2) is 64.0 Å². The molecular formula is C87H139F4N5O32S. The zero-order valence-electron chi connectivity index (χ0n) is 74.8. The molecule has 4 N–H and O–H groups in total. The number of nitrogens with two attached hydrogens (primary N) is 1. The van der Waals surface area contributed by atoms with E-state index in [1.165, 1.54) is 4.31 Å². The summed E-state index contributed by atoms with van der Waals surface area (Å²) in [7, 11) is -3.71. The topological polar surface area (TPSA) is 402 Å². The van der Waals surface area contributed by atoms with Crippen molar-refractivity contribution in [2.75, 3.05) is 370 Å². The van der Waals surface area contributed by atoms with Crippen LogP contribution >= 0.6 is 0 Å². The number of amidine groups is 1. The molecule has 3 aromatic carbocycles. The second-order valence-corrected chi connectivity index (χ2v) is 30.1. The van der Waals surface area contributed by atoms with E-state index in [1.807, 2.05) is 37.3 Å². The van der Waals surface area contributed by atoms with Crippen LogP contribution in [0.25, 0.3) is 17.2 Å². The first-order valence-electron chi connectivity index (χ1n) is 44.1. The summed E-state index contributed by atoms with van der Waals surface area (Å²) >= 11 is 0. The summed E-state index contributed by atoms with van der Waals surface area (Å²) in [5.41, 5.74) is 9.59. The molecular weight excluding hydrogens is 1740 g/mol. The number of aliphatic imine (C=N–C) groups is 1. The monoisotopic (exact) mass is 1870 g/mol. The largest absolute Gasteiger partial charge is 0.420 e. The molecule has 3 aromatic rings. The maximum atomic E-state index is 13.9. The number of benzene rings is 3. The van der Waals surface area contributed by atoms with Gasteiger partial charge in [-0.05, 0) is 48.2 Å². The van der Waals surface area contributed by atoms with Crippen molar-refractivity contribution >= 4 is 45.4 Å². The number of ether oxygens (including phenoxy) is 26. The van der Waals surface area contributed by atoms with Crippen LogP contribution in [0.5, 0.6) is 5.75 Å². The van der Waals surface area contributed by atoms with Gasteiger partial charge < -0.3 is 144 Å². The van der Waals surface area contributed by atoms with Gasteiger partial charge in [-0.25, -0.2) is 22.2 Å². The third kappa shape index (κ3) is 56.0. The minimum Gasteiger partial charge on any atom is -0.420 e. The average molecular weight is 1880 g/mol. The standard InChI is InChI=1S/C87H139F4N5O32S/c1-2-12-95(87(100)76-64-75-8-7-74(66-80(75)94-81(92)67-76)73-5-3-6-77(65-73)129(101,102)96-69-72(70-96)71-97)13-4-11-93-82(98)9-14-103-16-18-105-20-22-107-24-26-109-28-30-111-32-34-113-36-38-115-40-42-117-44-46-119-48-50-121-52-54-123-56-58-125-60-62-127-63-61-126-59-57-124-55-53-122-51-49-120-47-45-118-43-41-116-39-37-114-35-33-112-31-29-110-27-25-108-23-21-106-19-17-104-15-10-83(99)128-86-84(90)78(88)68-79(89)85(86)91/h3,5-8,64-66,68,72,97H,2,4,9-63,67,69-71H2,1H3,(H2,92,94)(H,93,98). The van der Waals surface area contributed by atoms with Gasteiger partial charge in [-0.15, -0.1) is 0 Å². The lowest BCUT2D eigenvalue weighted by Gasteiger charge is -2.36. The average Bonchev–Trinajstić information content (AvgIpc) is 1.12. The SMILES string of the molecule is CCCN(CCCNC(=O)CCOCCOCCOCCOCCOCCOCCOCCOCCOCCOCCOCCOCCOCCOCCOCCOCCOCCOCCOCCOCCOCCOCCOCCOCCOCCC(=O)Oc1c(F)c(F)cc(F)c1F)C(=O)C1=Cc2ccc(-c3cccc(S(=O)(=O)N4CC(CO)C4)c3)cc2N=C(N)C1. The smallest absolute Gasteiger partial charge is 0.313 e. The predicted molar refractivity (Wildman–Crippen MR) is 461 cm³/mol. The van der Waals surface area contributed by atoms with E-state index in [0.717, 1.165) is 12.0 Å². The van der Waals surface area contributed by atoms with E-state index in [4.69, 9.17) is 124 Å². The number of carbonyl (C=O) groups excluding carboxylic acids is 3. The first-order valence-corrected chi connectivity index (χ1v) is 45.6. The highest BCUT2D eigenvalue weighted by Crippen LogP contribution is 2.35. The van der Waals surface area contributed by atoms with Crippen LogP contribution in [0.3, 0.4) is 0 Å². The zero-order valence-corrected chi connectivity index (χ0v) is 75.7. The Bertz CT molecular complexity index is 3510. The first-order chi connectivity index (χ1) is 63.2. The zero-order chi connectivity index (χ0) is 92.2. The van der Waals surface area contributed by atoms with Crippen molar-refractivity contribution in [2.45, 2.75) is 43.9 Å². The number of nitrogens with one attached hydrogen (secondary N) is 1. The minimum absolute atomic E-state index is 0.0146. The van der Waals surface area contributed by atoms with Crippen molar-refractivity contribution in [3.63, 3.8) is 0 Å². The number of hydrogen-bond acceptors (Lipinski definition) is 34. The van der Waals surface area contributed by atoms with E-state index in [9.17, 15) is 45.5 Å². The van der Waals surface area contributed by atoms with Crippen LogP contribution in [0, 0.1) is 29.2 Å². The van der Waals surface area contributed by atoms with Gasteiger partial charge in [0.15, 0.2) is 11.6 Å². The van der Waals surface area contributed by atoms with Crippen molar-refractivity contribution in [3.05, 3.63) is 82.9 Å². The van der Waals surface area contributed by atoms with E-state index in [-0.39, 0.29) is 100 Å². The molecule has 0 atom stereocenters. The minimum atomic E-state index is -3.71. The van der Waals surface area contributed by atoms with Gasteiger partial charge in [0.25, 0.3) is 0 Å². The van der Waals surface area contributed by atoms with Crippen molar-refractivity contribution in [1.29, 1.82) is 0 Å². The number of rotatable bonds is 90. The highest BCUT2D eigenvalue weighted by Gasteiger charge is 2.36. The highest BCUT2D eigenvalue weighted by molar-refractivity contribution is 7.89. The van der Waals surface area contributed by atoms with Crippen molar-refractivity contribution in [2.24, 2.45) is 16.6 Å². The van der Waals surface area contributed by atoms with Gasteiger partial charge in [0.1, 0.15) is 5.84 Å². The van der Waals surface area contributed by atoms with Crippen molar-refractivity contribution in [3.8, 4) is 16.9 Å². The Morgan fingerprint density at radius 2 is 0.752 bits per heavy atom. The van der Waals surface area contributed by atoms with Gasteiger partial charge in [-0.2, -0.15) is 13.1 Å². The molecule has 0 aliphatic carbocycles. The van der Waals surface area contributed by atoms with Crippen molar-refractivity contribution < 1.29 is 169 Å². The Morgan fingerprint density at radius 3 is 1.08 bits per heavy atom. The first kappa shape index (κ1) is 113. The number of hydrogen-bond donors (Lipinski definition) is 3. The Kier molecular flexibility index (Phi) is 67.8. The summed E-state index contributed by atoms with van der Waals surface area (Å²) in [6.07, 6.45) is 3.06. The molecule has 2 aliphatic heterocycles. The second-order valence-electron chi connectivity index (χ2n) is 28.2. The molecule has 42 heteroatoms. The molecule has 2 heterocycles. The van der Waals surface area contributed by atoms with Gasteiger partial charge in [0.05, 0.1) is 347 Å². The van der Waals surface area contributed by atoms with Gasteiger partial charge in [0.2, 0.25) is 39.2 Å². The van der Waals surface area contributed by atoms with Crippen LogP contribution in [0.1, 0.15) is 44.6 Å².